The van der Waals surface area contributed by atoms with Gasteiger partial charge in [-0.15, -0.1) is 0 Å². The van der Waals surface area contributed by atoms with Crippen LogP contribution in [0.25, 0.3) is 11.1 Å². The number of amides is 1. The fraction of sp³-hybridized carbons (Fsp3) is 0.250. The lowest BCUT2D eigenvalue weighted by molar-refractivity contribution is -0.118. The molecule has 0 N–H and O–H groups in total. The molecule has 3 heteroatoms. The summed E-state index contributed by atoms with van der Waals surface area (Å²) in [6, 6.07) is 8.54. The second-order valence-corrected chi connectivity index (χ2v) is 5.17. The van der Waals surface area contributed by atoms with E-state index in [1.54, 1.807) is 0 Å². The minimum absolute atomic E-state index is 0.280. The van der Waals surface area contributed by atoms with E-state index in [0.29, 0.717) is 6.42 Å². The van der Waals surface area contributed by atoms with Crippen molar-refractivity contribution in [3.63, 3.8) is 0 Å². The first-order chi connectivity index (χ1) is 9.33. The van der Waals surface area contributed by atoms with Gasteiger partial charge in [0, 0.05) is 25.4 Å². The molecule has 0 unspecified atom stereocenters. The van der Waals surface area contributed by atoms with E-state index in [2.05, 4.69) is 17.1 Å². The molecule has 0 aliphatic carbocycles. The van der Waals surface area contributed by atoms with Gasteiger partial charge in [-0.05, 0) is 59.4 Å². The van der Waals surface area contributed by atoms with Gasteiger partial charge in [0.15, 0.2) is 0 Å². The summed E-state index contributed by atoms with van der Waals surface area (Å²) < 4.78 is 0. The van der Waals surface area contributed by atoms with Crippen molar-refractivity contribution < 1.29 is 4.79 Å². The average molecular weight is 250 g/mol. The van der Waals surface area contributed by atoms with Gasteiger partial charge < -0.3 is 4.90 Å². The van der Waals surface area contributed by atoms with Crippen LogP contribution in [0, 0.1) is 0 Å². The van der Waals surface area contributed by atoms with Crippen LogP contribution in [-0.2, 0) is 17.6 Å². The zero-order valence-corrected chi connectivity index (χ0v) is 10.6. The summed E-state index contributed by atoms with van der Waals surface area (Å²) in [7, 11) is 0. The number of pyridine rings is 1. The summed E-state index contributed by atoms with van der Waals surface area (Å²) in [5, 5.41) is 0. The van der Waals surface area contributed by atoms with Crippen LogP contribution in [0.1, 0.15) is 17.5 Å². The molecular formula is C16H14N2O. The molecular weight excluding hydrogens is 236 g/mol. The Morgan fingerprint density at radius 1 is 0.947 bits per heavy atom. The normalized spacial score (nSPS) is 16.6. The van der Waals surface area contributed by atoms with Gasteiger partial charge in [-0.25, -0.2) is 0 Å². The standard InChI is InChI=1S/C16H14N2O/c19-15-2-1-12-9-14(11-3-6-17-7-4-11)10-13-5-8-18(15)16(12)13/h3-4,6-7,9-10H,1-2,5,8H2. The van der Waals surface area contributed by atoms with E-state index < -0.39 is 0 Å². The van der Waals surface area contributed by atoms with Crippen molar-refractivity contribution in [1.82, 2.24) is 4.98 Å². The molecule has 1 aromatic carbocycles. The van der Waals surface area contributed by atoms with Crippen LogP contribution in [0.4, 0.5) is 5.69 Å². The molecule has 0 radical (unpaired) electrons. The molecule has 94 valence electrons. The number of hydrogen-bond acceptors (Lipinski definition) is 2. The monoisotopic (exact) mass is 250 g/mol. The molecule has 3 nitrogen and oxygen atoms in total. The SMILES string of the molecule is O=C1CCc2cc(-c3ccncc3)cc3c2N1CC3. The van der Waals surface area contributed by atoms with Gasteiger partial charge in [0.05, 0.1) is 5.69 Å². The summed E-state index contributed by atoms with van der Waals surface area (Å²) in [4.78, 5) is 17.9. The summed E-state index contributed by atoms with van der Waals surface area (Å²) in [5.74, 6) is 0.280. The van der Waals surface area contributed by atoms with Gasteiger partial charge in [0.25, 0.3) is 0 Å². The molecule has 3 heterocycles. The predicted octanol–water partition coefficient (Wildman–Crippen LogP) is 2.58. The summed E-state index contributed by atoms with van der Waals surface area (Å²) in [5.41, 5.74) is 6.27. The van der Waals surface area contributed by atoms with E-state index >= 15 is 0 Å². The average Bonchev–Trinajstić information content (AvgIpc) is 2.89. The number of hydrogen-bond donors (Lipinski definition) is 0. The smallest absolute Gasteiger partial charge is 0.227 e. The molecule has 1 amide bonds. The van der Waals surface area contributed by atoms with Gasteiger partial charge in [0.2, 0.25) is 5.91 Å². The Morgan fingerprint density at radius 2 is 1.68 bits per heavy atom. The van der Waals surface area contributed by atoms with E-state index in [4.69, 9.17) is 0 Å². The molecule has 4 rings (SSSR count). The summed E-state index contributed by atoms with van der Waals surface area (Å²) in [6.45, 7) is 0.848. The third kappa shape index (κ3) is 1.58. The van der Waals surface area contributed by atoms with E-state index in [9.17, 15) is 4.79 Å². The molecule has 0 spiro atoms. The molecule has 19 heavy (non-hydrogen) atoms. The van der Waals surface area contributed by atoms with Gasteiger partial charge in [-0.1, -0.05) is 0 Å². The van der Waals surface area contributed by atoms with Crippen LogP contribution in [0.3, 0.4) is 0 Å². The highest BCUT2D eigenvalue weighted by Gasteiger charge is 2.31. The number of aromatic nitrogens is 1. The zero-order chi connectivity index (χ0) is 12.8. The third-order valence-electron chi connectivity index (χ3n) is 4.07. The first-order valence-corrected chi connectivity index (χ1v) is 6.69. The number of aryl methyl sites for hydroxylation is 1. The lowest BCUT2D eigenvalue weighted by atomic mass is 9.94. The summed E-state index contributed by atoms with van der Waals surface area (Å²) in [6.07, 6.45) is 6.14. The number of benzene rings is 1. The van der Waals surface area contributed by atoms with Crippen molar-refractivity contribution in [1.29, 1.82) is 0 Å². The third-order valence-corrected chi connectivity index (χ3v) is 4.07. The molecule has 2 aromatic rings. The Balaban J connectivity index is 1.89. The molecule has 2 aliphatic heterocycles. The van der Waals surface area contributed by atoms with E-state index in [1.807, 2.05) is 29.4 Å². The van der Waals surface area contributed by atoms with E-state index in [1.165, 1.54) is 27.9 Å². The first kappa shape index (κ1) is 10.7. The van der Waals surface area contributed by atoms with E-state index in [0.717, 1.165) is 19.4 Å². The fourth-order valence-electron chi connectivity index (χ4n) is 3.17. The topological polar surface area (TPSA) is 33.2 Å². The van der Waals surface area contributed by atoms with Crippen molar-refractivity contribution in [2.45, 2.75) is 19.3 Å². The molecule has 0 bridgehead atoms. The van der Waals surface area contributed by atoms with Crippen LogP contribution in [-0.4, -0.2) is 17.4 Å². The number of nitrogens with zero attached hydrogens (tertiary/aromatic N) is 2. The van der Waals surface area contributed by atoms with Crippen LogP contribution < -0.4 is 4.90 Å². The van der Waals surface area contributed by atoms with Crippen molar-refractivity contribution in [2.24, 2.45) is 0 Å². The molecule has 0 atom stereocenters. The molecule has 0 fully saturated rings. The largest absolute Gasteiger partial charge is 0.312 e. The van der Waals surface area contributed by atoms with Crippen molar-refractivity contribution in [3.8, 4) is 11.1 Å². The highest BCUT2D eigenvalue weighted by molar-refractivity contribution is 5.99. The number of anilines is 1. The predicted molar refractivity (Wildman–Crippen MR) is 74.1 cm³/mol. The van der Waals surface area contributed by atoms with Gasteiger partial charge in [-0.3, -0.25) is 9.78 Å². The lowest BCUT2D eigenvalue weighted by Gasteiger charge is -2.25. The minimum Gasteiger partial charge on any atom is -0.312 e. The molecule has 0 saturated carbocycles. The maximum absolute atomic E-state index is 11.9. The van der Waals surface area contributed by atoms with Gasteiger partial charge in [-0.2, -0.15) is 0 Å². The Morgan fingerprint density at radius 3 is 2.47 bits per heavy atom. The highest BCUT2D eigenvalue weighted by Crippen LogP contribution is 2.39. The van der Waals surface area contributed by atoms with Crippen molar-refractivity contribution >= 4 is 11.6 Å². The Labute approximate surface area is 111 Å². The zero-order valence-electron chi connectivity index (χ0n) is 10.6. The highest BCUT2D eigenvalue weighted by atomic mass is 16.2. The fourth-order valence-corrected chi connectivity index (χ4v) is 3.17. The van der Waals surface area contributed by atoms with Crippen molar-refractivity contribution in [2.75, 3.05) is 11.4 Å². The van der Waals surface area contributed by atoms with Gasteiger partial charge in [0.1, 0.15) is 0 Å². The number of carbonyl (C=O) groups excluding carboxylic acids is 1. The maximum atomic E-state index is 11.9. The minimum atomic E-state index is 0.280. The number of rotatable bonds is 1. The molecule has 2 aliphatic rings. The summed E-state index contributed by atoms with van der Waals surface area (Å²) >= 11 is 0. The van der Waals surface area contributed by atoms with Crippen molar-refractivity contribution in [3.05, 3.63) is 47.8 Å². The Kier molecular flexibility index (Phi) is 2.21. The Hall–Kier alpha value is -2.16. The second kappa shape index (κ2) is 3.92. The van der Waals surface area contributed by atoms with Crippen LogP contribution in [0.2, 0.25) is 0 Å². The second-order valence-electron chi connectivity index (χ2n) is 5.17. The first-order valence-electron chi connectivity index (χ1n) is 6.69. The number of carbonyl (C=O) groups is 1. The molecule has 1 aromatic heterocycles. The quantitative estimate of drug-likeness (QED) is 0.779. The lowest BCUT2D eigenvalue weighted by Crippen LogP contribution is -2.32. The molecule has 0 saturated heterocycles. The Bertz CT molecular complexity index is 664. The van der Waals surface area contributed by atoms with E-state index in [-0.39, 0.29) is 5.91 Å². The van der Waals surface area contributed by atoms with Crippen LogP contribution >= 0.6 is 0 Å². The van der Waals surface area contributed by atoms with Crippen LogP contribution in [0.15, 0.2) is 36.7 Å². The maximum Gasteiger partial charge on any atom is 0.227 e. The van der Waals surface area contributed by atoms with Crippen LogP contribution in [0.5, 0.6) is 0 Å². The van der Waals surface area contributed by atoms with Gasteiger partial charge >= 0.3 is 0 Å².